The first-order chi connectivity index (χ1) is 16.2. The molecule has 0 bridgehead atoms. The number of nitrogens with zero attached hydrogens (tertiary/aromatic N) is 2. The van der Waals surface area contributed by atoms with Gasteiger partial charge in [-0.15, -0.1) is 0 Å². The molecule has 1 aliphatic rings. The normalized spacial score (nSPS) is 14.9. The Morgan fingerprint density at radius 2 is 1.73 bits per heavy atom. The van der Waals surface area contributed by atoms with Crippen molar-refractivity contribution in [3.8, 4) is 22.6 Å². The van der Waals surface area contributed by atoms with E-state index in [0.29, 0.717) is 24.7 Å². The zero-order valence-corrected chi connectivity index (χ0v) is 19.3. The molecule has 33 heavy (non-hydrogen) atoms. The Morgan fingerprint density at radius 3 is 2.39 bits per heavy atom. The Labute approximate surface area is 196 Å². The van der Waals surface area contributed by atoms with Gasteiger partial charge in [-0.3, -0.25) is 4.79 Å². The molecule has 6 heteroatoms. The van der Waals surface area contributed by atoms with Gasteiger partial charge in [0.05, 0.1) is 6.61 Å². The standard InChI is InChI=1S/C27H33N3O3/c1-32-19-18-30-16-14-21(15-17-30)20-28-24(31)12-13-25-29-26(22-8-4-2-5-9-22)27(33-25)23-10-6-3-7-11-23/h2-11,21H,12-20H2,1H3,(H,28,31). The third-order valence-electron chi connectivity index (χ3n) is 6.23. The number of aryl methyl sites for hydroxylation is 1. The highest BCUT2D eigenvalue weighted by Gasteiger charge is 2.20. The molecule has 0 spiro atoms. The van der Waals surface area contributed by atoms with Gasteiger partial charge in [0.2, 0.25) is 5.91 Å². The highest BCUT2D eigenvalue weighted by Crippen LogP contribution is 2.32. The Balaban J connectivity index is 1.31. The topological polar surface area (TPSA) is 67.6 Å². The Morgan fingerprint density at radius 1 is 1.06 bits per heavy atom. The molecule has 1 aromatic heterocycles. The van der Waals surface area contributed by atoms with E-state index in [1.807, 2.05) is 60.7 Å². The third kappa shape index (κ3) is 6.53. The van der Waals surface area contributed by atoms with Crippen LogP contribution in [0.4, 0.5) is 0 Å². The molecule has 1 amide bonds. The minimum absolute atomic E-state index is 0.0533. The van der Waals surface area contributed by atoms with Gasteiger partial charge in [-0.05, 0) is 31.8 Å². The highest BCUT2D eigenvalue weighted by atomic mass is 16.5. The van der Waals surface area contributed by atoms with Crippen LogP contribution in [0.5, 0.6) is 0 Å². The van der Waals surface area contributed by atoms with Crippen LogP contribution in [0.3, 0.4) is 0 Å². The molecule has 2 heterocycles. The predicted octanol–water partition coefficient (Wildman–Crippen LogP) is 4.42. The quantitative estimate of drug-likeness (QED) is 0.498. The van der Waals surface area contributed by atoms with Gasteiger partial charge in [0.1, 0.15) is 5.69 Å². The lowest BCUT2D eigenvalue weighted by molar-refractivity contribution is -0.121. The van der Waals surface area contributed by atoms with Gasteiger partial charge in [0.15, 0.2) is 11.7 Å². The molecule has 0 atom stereocenters. The molecule has 1 saturated heterocycles. The number of ether oxygens (including phenoxy) is 1. The zero-order chi connectivity index (χ0) is 22.9. The number of aromatic nitrogens is 1. The number of carbonyl (C=O) groups excluding carboxylic acids is 1. The summed E-state index contributed by atoms with van der Waals surface area (Å²) < 4.78 is 11.3. The van der Waals surface area contributed by atoms with Crippen LogP contribution in [0.15, 0.2) is 65.1 Å². The van der Waals surface area contributed by atoms with E-state index in [1.54, 1.807) is 7.11 Å². The van der Waals surface area contributed by atoms with Gasteiger partial charge < -0.3 is 19.4 Å². The molecule has 0 saturated carbocycles. The lowest BCUT2D eigenvalue weighted by Crippen LogP contribution is -2.39. The number of hydrogen-bond acceptors (Lipinski definition) is 5. The zero-order valence-electron chi connectivity index (χ0n) is 19.3. The summed E-state index contributed by atoms with van der Waals surface area (Å²) >= 11 is 0. The van der Waals surface area contributed by atoms with Crippen molar-refractivity contribution < 1.29 is 13.9 Å². The fraction of sp³-hybridized carbons (Fsp3) is 0.407. The van der Waals surface area contributed by atoms with Gasteiger partial charge >= 0.3 is 0 Å². The van der Waals surface area contributed by atoms with Crippen LogP contribution in [0.25, 0.3) is 22.6 Å². The second-order valence-electron chi connectivity index (χ2n) is 8.60. The van der Waals surface area contributed by atoms with E-state index in [0.717, 1.165) is 68.2 Å². The third-order valence-corrected chi connectivity index (χ3v) is 6.23. The number of likely N-dealkylation sites (tertiary alicyclic amines) is 1. The lowest BCUT2D eigenvalue weighted by Gasteiger charge is -2.31. The molecule has 174 valence electrons. The Hall–Kier alpha value is -2.96. The summed E-state index contributed by atoms with van der Waals surface area (Å²) in [5.41, 5.74) is 2.81. The van der Waals surface area contributed by atoms with Crippen molar-refractivity contribution in [2.45, 2.75) is 25.7 Å². The molecule has 6 nitrogen and oxygen atoms in total. The van der Waals surface area contributed by atoms with Crippen LogP contribution in [0.2, 0.25) is 0 Å². The number of amides is 1. The minimum Gasteiger partial charge on any atom is -0.440 e. The second-order valence-corrected chi connectivity index (χ2v) is 8.60. The first-order valence-electron chi connectivity index (χ1n) is 11.8. The molecule has 1 fully saturated rings. The van der Waals surface area contributed by atoms with Crippen LogP contribution in [-0.2, 0) is 16.0 Å². The fourth-order valence-corrected chi connectivity index (χ4v) is 4.25. The summed E-state index contributed by atoms with van der Waals surface area (Å²) in [6.07, 6.45) is 3.08. The molecule has 0 aliphatic carbocycles. The van der Waals surface area contributed by atoms with E-state index in [9.17, 15) is 4.79 Å². The molecule has 0 unspecified atom stereocenters. The van der Waals surface area contributed by atoms with Crippen molar-refractivity contribution in [2.75, 3.05) is 39.9 Å². The molecule has 2 aromatic carbocycles. The first-order valence-corrected chi connectivity index (χ1v) is 11.8. The summed E-state index contributed by atoms with van der Waals surface area (Å²) in [6, 6.07) is 20.0. The number of rotatable bonds is 10. The minimum atomic E-state index is 0.0533. The Bertz CT molecular complexity index is 939. The van der Waals surface area contributed by atoms with Gasteiger partial charge in [-0.25, -0.2) is 4.98 Å². The van der Waals surface area contributed by atoms with Gasteiger partial charge in [0, 0.05) is 44.2 Å². The smallest absolute Gasteiger partial charge is 0.220 e. The molecule has 1 N–H and O–H groups in total. The van der Waals surface area contributed by atoms with Crippen molar-refractivity contribution >= 4 is 5.91 Å². The molecule has 0 radical (unpaired) electrons. The maximum absolute atomic E-state index is 12.5. The summed E-state index contributed by atoms with van der Waals surface area (Å²) in [6.45, 7) is 4.66. The molecular weight excluding hydrogens is 414 g/mol. The van der Waals surface area contributed by atoms with Crippen LogP contribution in [0, 0.1) is 5.92 Å². The Kier molecular flexibility index (Phi) is 8.28. The number of oxazole rings is 1. The van der Waals surface area contributed by atoms with E-state index in [2.05, 4.69) is 10.2 Å². The second kappa shape index (κ2) is 11.8. The van der Waals surface area contributed by atoms with Crippen molar-refractivity contribution in [1.82, 2.24) is 15.2 Å². The predicted molar refractivity (Wildman–Crippen MR) is 130 cm³/mol. The van der Waals surface area contributed by atoms with Crippen molar-refractivity contribution in [1.29, 1.82) is 0 Å². The first kappa shape index (κ1) is 23.2. The summed E-state index contributed by atoms with van der Waals surface area (Å²) in [4.78, 5) is 19.7. The number of benzene rings is 2. The lowest BCUT2D eigenvalue weighted by atomic mass is 9.97. The largest absolute Gasteiger partial charge is 0.440 e. The molecular formula is C27H33N3O3. The van der Waals surface area contributed by atoms with Crippen molar-refractivity contribution in [2.24, 2.45) is 5.92 Å². The molecule has 1 aliphatic heterocycles. The maximum Gasteiger partial charge on any atom is 0.220 e. The summed E-state index contributed by atoms with van der Waals surface area (Å²) in [5.74, 6) is 1.94. The average molecular weight is 448 g/mol. The van der Waals surface area contributed by atoms with E-state index in [4.69, 9.17) is 14.1 Å². The van der Waals surface area contributed by atoms with Crippen LogP contribution < -0.4 is 5.32 Å². The number of carbonyl (C=O) groups is 1. The van der Waals surface area contributed by atoms with E-state index in [-0.39, 0.29) is 5.91 Å². The van der Waals surface area contributed by atoms with E-state index in [1.165, 1.54) is 0 Å². The van der Waals surface area contributed by atoms with Crippen LogP contribution in [0.1, 0.15) is 25.2 Å². The monoisotopic (exact) mass is 447 g/mol. The number of methoxy groups -OCH3 is 1. The number of piperidine rings is 1. The summed E-state index contributed by atoms with van der Waals surface area (Å²) in [7, 11) is 1.74. The number of hydrogen-bond donors (Lipinski definition) is 1. The highest BCUT2D eigenvalue weighted by molar-refractivity contribution is 5.77. The number of nitrogens with one attached hydrogen (secondary N) is 1. The summed E-state index contributed by atoms with van der Waals surface area (Å²) in [5, 5.41) is 3.11. The van der Waals surface area contributed by atoms with Crippen molar-refractivity contribution in [3.63, 3.8) is 0 Å². The van der Waals surface area contributed by atoms with Gasteiger partial charge in [-0.2, -0.15) is 0 Å². The van der Waals surface area contributed by atoms with Crippen LogP contribution in [-0.4, -0.2) is 55.7 Å². The molecule has 3 aromatic rings. The molecule has 4 rings (SSSR count). The maximum atomic E-state index is 12.5. The fourth-order valence-electron chi connectivity index (χ4n) is 4.25. The van der Waals surface area contributed by atoms with E-state index < -0.39 is 0 Å². The van der Waals surface area contributed by atoms with Crippen molar-refractivity contribution in [3.05, 3.63) is 66.6 Å². The average Bonchev–Trinajstić information content (AvgIpc) is 3.31. The van der Waals surface area contributed by atoms with Crippen LogP contribution >= 0.6 is 0 Å². The van der Waals surface area contributed by atoms with Gasteiger partial charge in [-0.1, -0.05) is 60.7 Å². The van der Waals surface area contributed by atoms with Gasteiger partial charge in [0.25, 0.3) is 0 Å². The van der Waals surface area contributed by atoms with E-state index >= 15 is 0 Å². The SMILES string of the molecule is COCCN1CCC(CNC(=O)CCc2nc(-c3ccccc3)c(-c3ccccc3)o2)CC1.